The molecule has 1 aliphatic rings. The van der Waals surface area contributed by atoms with Crippen LogP contribution in [0, 0.1) is 3.57 Å². The number of benzene rings is 2. The lowest BCUT2D eigenvalue weighted by Gasteiger charge is -2.16. The standard InChI is InChI=1S/C17H15Cl2IN2/c18-12-7-14(19)16(15(21)8-12)17(11-4-5-11)22-9-10-2-1-3-13(20)6-10/h1-3,6-8,22H,4-5,9,21H2. The first-order valence-electron chi connectivity index (χ1n) is 7.00. The molecule has 0 aromatic heterocycles. The number of hydrogen-bond donors (Lipinski definition) is 2. The lowest BCUT2D eigenvalue weighted by molar-refractivity contribution is 0.887. The molecule has 1 aliphatic carbocycles. The Hall–Kier alpha value is -0.910. The van der Waals surface area contributed by atoms with E-state index in [2.05, 4.69) is 52.2 Å². The van der Waals surface area contributed by atoms with Crippen molar-refractivity contribution in [3.8, 4) is 0 Å². The van der Waals surface area contributed by atoms with Crippen LogP contribution < -0.4 is 11.1 Å². The monoisotopic (exact) mass is 444 g/mol. The van der Waals surface area contributed by atoms with Gasteiger partial charge in [0.2, 0.25) is 0 Å². The molecule has 3 rings (SSSR count). The van der Waals surface area contributed by atoms with Crippen molar-refractivity contribution >= 4 is 57.2 Å². The van der Waals surface area contributed by atoms with E-state index in [0.717, 1.165) is 30.6 Å². The zero-order chi connectivity index (χ0) is 15.7. The van der Waals surface area contributed by atoms with Crippen LogP contribution in [0.4, 0.5) is 5.69 Å². The third-order valence-electron chi connectivity index (χ3n) is 3.55. The molecule has 0 atom stereocenters. The van der Waals surface area contributed by atoms with E-state index in [-0.39, 0.29) is 0 Å². The average molecular weight is 445 g/mol. The normalized spacial score (nSPS) is 13.1. The summed E-state index contributed by atoms with van der Waals surface area (Å²) < 4.78 is 1.22. The van der Waals surface area contributed by atoms with Crippen molar-refractivity contribution in [3.05, 3.63) is 66.7 Å². The molecule has 1 saturated carbocycles. The molecule has 22 heavy (non-hydrogen) atoms. The maximum atomic E-state index is 6.37. The van der Waals surface area contributed by atoms with Gasteiger partial charge < -0.3 is 11.1 Å². The van der Waals surface area contributed by atoms with Gasteiger partial charge in [0.15, 0.2) is 0 Å². The maximum Gasteiger partial charge on any atom is 0.0534 e. The van der Waals surface area contributed by atoms with Gasteiger partial charge in [0.25, 0.3) is 0 Å². The fourth-order valence-corrected chi connectivity index (χ4v) is 3.61. The summed E-state index contributed by atoms with van der Waals surface area (Å²) in [5.41, 5.74) is 11.3. The highest BCUT2D eigenvalue weighted by Crippen LogP contribution is 2.40. The number of nitrogens with one attached hydrogen (secondary N) is 1. The van der Waals surface area contributed by atoms with E-state index < -0.39 is 0 Å². The summed E-state index contributed by atoms with van der Waals surface area (Å²) in [6, 6.07) is 11.9. The fourth-order valence-electron chi connectivity index (χ4n) is 2.40. The third-order valence-corrected chi connectivity index (χ3v) is 4.73. The molecule has 2 aromatic rings. The summed E-state index contributed by atoms with van der Waals surface area (Å²) in [5, 5.41) is 4.66. The molecule has 0 aliphatic heterocycles. The van der Waals surface area contributed by atoms with Gasteiger partial charge in [0.05, 0.1) is 5.02 Å². The summed E-state index contributed by atoms with van der Waals surface area (Å²) in [4.78, 5) is 0. The largest absolute Gasteiger partial charge is 0.398 e. The third kappa shape index (κ3) is 3.70. The van der Waals surface area contributed by atoms with Crippen LogP contribution in [0.3, 0.4) is 0 Å². The number of allylic oxidation sites excluding steroid dienone is 1. The van der Waals surface area contributed by atoms with Crippen LogP contribution in [0.1, 0.15) is 24.0 Å². The average Bonchev–Trinajstić information content (AvgIpc) is 3.26. The SMILES string of the molecule is Nc1cc(Cl)cc(Cl)c1C(NCc1cccc(I)c1)=C1CC1. The molecule has 114 valence electrons. The maximum absolute atomic E-state index is 6.37. The van der Waals surface area contributed by atoms with Gasteiger partial charge in [-0.05, 0) is 70.8 Å². The molecule has 0 radical (unpaired) electrons. The first-order valence-corrected chi connectivity index (χ1v) is 8.83. The minimum atomic E-state index is 0.559. The Kier molecular flexibility index (Phi) is 4.85. The molecule has 0 bridgehead atoms. The van der Waals surface area contributed by atoms with Crippen molar-refractivity contribution in [1.82, 2.24) is 5.32 Å². The molecule has 2 aromatic carbocycles. The molecular weight excluding hydrogens is 430 g/mol. The Bertz CT molecular complexity index is 727. The van der Waals surface area contributed by atoms with Crippen molar-refractivity contribution in [1.29, 1.82) is 0 Å². The molecule has 0 saturated heterocycles. The van der Waals surface area contributed by atoms with Crippen LogP contribution in [0.15, 0.2) is 42.0 Å². The van der Waals surface area contributed by atoms with E-state index >= 15 is 0 Å². The molecule has 0 amide bonds. The highest BCUT2D eigenvalue weighted by atomic mass is 127. The molecule has 0 heterocycles. The molecule has 5 heteroatoms. The van der Waals surface area contributed by atoms with E-state index in [1.54, 1.807) is 12.1 Å². The predicted octanol–water partition coefficient (Wildman–Crippen LogP) is 5.47. The van der Waals surface area contributed by atoms with Gasteiger partial charge in [0, 0.05) is 32.1 Å². The Morgan fingerprint density at radius 3 is 2.59 bits per heavy atom. The van der Waals surface area contributed by atoms with Crippen molar-refractivity contribution in [2.24, 2.45) is 0 Å². The lowest BCUT2D eigenvalue weighted by Crippen LogP contribution is -2.14. The summed E-state index contributed by atoms with van der Waals surface area (Å²) in [7, 11) is 0. The van der Waals surface area contributed by atoms with Crippen LogP contribution in [-0.4, -0.2) is 0 Å². The summed E-state index contributed by atoms with van der Waals surface area (Å²) in [6.45, 7) is 0.744. The van der Waals surface area contributed by atoms with Crippen LogP contribution in [0.2, 0.25) is 10.0 Å². The number of nitrogen functional groups attached to an aromatic ring is 1. The quantitative estimate of drug-likeness (QED) is 0.484. The Morgan fingerprint density at radius 1 is 1.18 bits per heavy atom. The van der Waals surface area contributed by atoms with Gasteiger partial charge >= 0.3 is 0 Å². The van der Waals surface area contributed by atoms with E-state index in [4.69, 9.17) is 28.9 Å². The van der Waals surface area contributed by atoms with Gasteiger partial charge in [-0.1, -0.05) is 35.3 Å². The van der Waals surface area contributed by atoms with E-state index in [1.807, 2.05) is 0 Å². The second-order valence-electron chi connectivity index (χ2n) is 5.31. The van der Waals surface area contributed by atoms with Crippen LogP contribution in [0.5, 0.6) is 0 Å². The van der Waals surface area contributed by atoms with E-state index in [9.17, 15) is 0 Å². The zero-order valence-electron chi connectivity index (χ0n) is 11.8. The molecule has 1 fully saturated rings. The summed E-state index contributed by atoms with van der Waals surface area (Å²) in [6.07, 6.45) is 2.18. The van der Waals surface area contributed by atoms with Crippen LogP contribution in [-0.2, 0) is 6.54 Å². The second kappa shape index (κ2) is 6.69. The fraction of sp³-hybridized carbons (Fsp3) is 0.176. The van der Waals surface area contributed by atoms with E-state index in [0.29, 0.717) is 15.7 Å². The number of anilines is 1. The lowest BCUT2D eigenvalue weighted by atomic mass is 10.1. The van der Waals surface area contributed by atoms with Gasteiger partial charge in [-0.25, -0.2) is 0 Å². The minimum absolute atomic E-state index is 0.559. The summed E-state index contributed by atoms with van der Waals surface area (Å²) in [5.74, 6) is 0. The number of nitrogens with two attached hydrogens (primary N) is 1. The van der Waals surface area contributed by atoms with Crippen molar-refractivity contribution in [3.63, 3.8) is 0 Å². The number of halogens is 3. The topological polar surface area (TPSA) is 38.0 Å². The number of rotatable bonds is 4. The Morgan fingerprint density at radius 2 is 1.95 bits per heavy atom. The Labute approximate surface area is 153 Å². The molecule has 3 N–H and O–H groups in total. The smallest absolute Gasteiger partial charge is 0.0534 e. The van der Waals surface area contributed by atoms with Gasteiger partial charge in [-0.2, -0.15) is 0 Å². The molecule has 0 unspecified atom stereocenters. The van der Waals surface area contributed by atoms with Crippen molar-refractivity contribution < 1.29 is 0 Å². The van der Waals surface area contributed by atoms with Crippen LogP contribution in [0.25, 0.3) is 5.70 Å². The van der Waals surface area contributed by atoms with Crippen molar-refractivity contribution in [2.75, 3.05) is 5.73 Å². The highest BCUT2D eigenvalue weighted by Gasteiger charge is 2.22. The minimum Gasteiger partial charge on any atom is -0.398 e. The first kappa shape index (κ1) is 16.0. The first-order chi connectivity index (χ1) is 10.5. The highest BCUT2D eigenvalue weighted by molar-refractivity contribution is 14.1. The van der Waals surface area contributed by atoms with Crippen LogP contribution >= 0.6 is 45.8 Å². The van der Waals surface area contributed by atoms with Gasteiger partial charge in [0.1, 0.15) is 0 Å². The van der Waals surface area contributed by atoms with Crippen molar-refractivity contribution in [2.45, 2.75) is 19.4 Å². The molecule has 0 spiro atoms. The van der Waals surface area contributed by atoms with Gasteiger partial charge in [-0.15, -0.1) is 0 Å². The van der Waals surface area contributed by atoms with Gasteiger partial charge in [-0.3, -0.25) is 0 Å². The predicted molar refractivity (Wildman–Crippen MR) is 103 cm³/mol. The molecular formula is C17H15Cl2IN2. The van der Waals surface area contributed by atoms with E-state index in [1.165, 1.54) is 14.7 Å². The molecule has 2 nitrogen and oxygen atoms in total. The zero-order valence-corrected chi connectivity index (χ0v) is 15.5. The second-order valence-corrected chi connectivity index (χ2v) is 7.40. The summed E-state index contributed by atoms with van der Waals surface area (Å²) >= 11 is 14.7. The number of hydrogen-bond acceptors (Lipinski definition) is 2. The Balaban J connectivity index is 1.88.